The van der Waals surface area contributed by atoms with Gasteiger partial charge in [0.15, 0.2) is 17.3 Å². The number of carbonyl (C=O) groups is 4. The molecule has 3 fully saturated rings. The molecule has 0 aromatic rings. The van der Waals surface area contributed by atoms with E-state index in [9.17, 15) is 29.4 Å². The number of esters is 4. The molecule has 206 valence electrons. The maximum atomic E-state index is 12.9. The molecule has 11 atom stereocenters. The first kappa shape index (κ1) is 27.5. The molecule has 2 aliphatic carbocycles. The Morgan fingerprint density at radius 1 is 1.03 bits per heavy atom. The second-order valence-electron chi connectivity index (χ2n) is 11.2. The minimum Gasteiger partial charge on any atom is -0.462 e. The normalized spacial score (nSPS) is 48.1. The first-order valence-electron chi connectivity index (χ1n) is 12.6. The molecule has 0 aromatic carbocycles. The quantitative estimate of drug-likeness (QED) is 0.234. The summed E-state index contributed by atoms with van der Waals surface area (Å²) in [5, 5.41) is 23.0. The Kier molecular flexibility index (Phi) is 6.74. The molecule has 0 aromatic heterocycles. The second kappa shape index (κ2) is 9.06. The molecule has 11 heteroatoms. The van der Waals surface area contributed by atoms with E-state index in [1.807, 2.05) is 0 Å². The fraction of sp³-hybridized carbons (Fsp3) is 0.769. The van der Waals surface area contributed by atoms with Gasteiger partial charge < -0.3 is 33.9 Å². The van der Waals surface area contributed by atoms with E-state index in [4.69, 9.17) is 23.7 Å². The molecular formula is C26H36O11. The molecule has 4 rings (SSSR count). The zero-order chi connectivity index (χ0) is 27.7. The largest absolute Gasteiger partial charge is 0.462 e. The molecule has 11 nitrogen and oxygen atoms in total. The lowest BCUT2D eigenvalue weighted by Gasteiger charge is -2.56. The average molecular weight is 525 g/mol. The van der Waals surface area contributed by atoms with E-state index in [2.05, 4.69) is 0 Å². The van der Waals surface area contributed by atoms with Crippen LogP contribution in [0.25, 0.3) is 0 Å². The van der Waals surface area contributed by atoms with Gasteiger partial charge in [-0.1, -0.05) is 19.4 Å². The van der Waals surface area contributed by atoms with Crippen molar-refractivity contribution >= 4 is 23.9 Å². The number of epoxide rings is 1. The van der Waals surface area contributed by atoms with Crippen molar-refractivity contribution < 1.29 is 53.1 Å². The second-order valence-corrected chi connectivity index (χ2v) is 11.2. The summed E-state index contributed by atoms with van der Waals surface area (Å²) in [6, 6.07) is 0. The molecule has 37 heavy (non-hydrogen) atoms. The van der Waals surface area contributed by atoms with Crippen LogP contribution in [-0.2, 0) is 42.9 Å². The van der Waals surface area contributed by atoms with Crippen molar-refractivity contribution in [1.29, 1.82) is 0 Å². The van der Waals surface area contributed by atoms with Crippen LogP contribution in [0, 0.1) is 17.3 Å². The van der Waals surface area contributed by atoms with Gasteiger partial charge in [-0.05, 0) is 25.8 Å². The number of fused-ring (bicyclic) bond motifs is 1. The van der Waals surface area contributed by atoms with Gasteiger partial charge in [0.25, 0.3) is 0 Å². The number of aliphatic hydroxyl groups excluding tert-OH is 2. The maximum absolute atomic E-state index is 12.9. The van der Waals surface area contributed by atoms with E-state index < -0.39 is 89.0 Å². The van der Waals surface area contributed by atoms with E-state index in [1.165, 1.54) is 20.8 Å². The smallest absolute Gasteiger partial charge is 0.342 e. The van der Waals surface area contributed by atoms with Gasteiger partial charge in [0.2, 0.25) is 0 Å². The van der Waals surface area contributed by atoms with E-state index in [-0.39, 0.29) is 12.8 Å². The molecule has 2 aliphatic heterocycles. The van der Waals surface area contributed by atoms with Gasteiger partial charge >= 0.3 is 23.9 Å². The standard InChI is InChI=1S/C26H36O11/c1-11-8-17(33-13(3)27)21(31)24(6)18(34-14(4)28)10-16(30)12(2)20(24)22(35-15(5)29)26-19(9-11)36-23(32)25(26,7)37-26/h9,12,16-22,30-31H,8,10H2,1-7H3/b11-9-/t12-,16-,17-,18-,19-,20+,21+,22+,24-,25+,26-/m0/s1. The number of hydrogen-bond acceptors (Lipinski definition) is 11. The van der Waals surface area contributed by atoms with Gasteiger partial charge in [-0.15, -0.1) is 0 Å². The lowest BCUT2D eigenvalue weighted by Crippen LogP contribution is -2.67. The van der Waals surface area contributed by atoms with Crippen LogP contribution < -0.4 is 0 Å². The number of carbonyl (C=O) groups excluding carboxylic acids is 4. The molecule has 0 radical (unpaired) electrons. The fourth-order valence-corrected chi connectivity index (χ4v) is 6.96. The third kappa shape index (κ3) is 4.06. The van der Waals surface area contributed by atoms with Crippen LogP contribution in [0.2, 0.25) is 0 Å². The molecule has 2 saturated heterocycles. The first-order valence-corrected chi connectivity index (χ1v) is 12.6. The Morgan fingerprint density at radius 3 is 2.16 bits per heavy atom. The van der Waals surface area contributed by atoms with Gasteiger partial charge in [0, 0.05) is 44.9 Å². The Morgan fingerprint density at radius 2 is 1.62 bits per heavy atom. The topological polar surface area (TPSA) is 158 Å². The predicted octanol–water partition coefficient (Wildman–Crippen LogP) is 0.969. The van der Waals surface area contributed by atoms with Crippen molar-refractivity contribution in [2.75, 3.05) is 0 Å². The maximum Gasteiger partial charge on any atom is 0.342 e. The van der Waals surface area contributed by atoms with Crippen molar-refractivity contribution in [3.63, 3.8) is 0 Å². The Balaban J connectivity index is 2.00. The van der Waals surface area contributed by atoms with E-state index in [1.54, 1.807) is 33.8 Å². The molecule has 4 aliphatic rings. The minimum absolute atomic E-state index is 0.0107. The molecule has 0 amide bonds. The number of ether oxygens (including phenoxy) is 5. The summed E-state index contributed by atoms with van der Waals surface area (Å²) >= 11 is 0. The molecular weight excluding hydrogens is 488 g/mol. The van der Waals surface area contributed by atoms with Gasteiger partial charge in [0.1, 0.15) is 24.4 Å². The SMILES string of the molecule is CC(=O)O[C@H]1C/C(C)=C\[C@@H]2OC(=O)[C@@]3(C)O[C@]23[C@H](OC(C)=O)[C@H]2[C@@H](C)[C@@H](O)C[C@H](OC(C)=O)[C@]2(C)[C@@H]1O. The molecule has 1 saturated carbocycles. The summed E-state index contributed by atoms with van der Waals surface area (Å²) in [5.74, 6) is -4.10. The lowest BCUT2D eigenvalue weighted by atomic mass is 9.53. The Labute approximate surface area is 215 Å². The number of hydrogen-bond donors (Lipinski definition) is 2. The molecule has 0 unspecified atom stereocenters. The zero-order valence-electron chi connectivity index (χ0n) is 22.2. The van der Waals surface area contributed by atoms with Crippen LogP contribution in [0.1, 0.15) is 61.3 Å². The Bertz CT molecular complexity index is 1040. The molecule has 1 spiro atoms. The summed E-state index contributed by atoms with van der Waals surface area (Å²) < 4.78 is 28.9. The van der Waals surface area contributed by atoms with Crippen LogP contribution in [0.15, 0.2) is 11.6 Å². The molecule has 2 N–H and O–H groups in total. The highest BCUT2D eigenvalue weighted by Crippen LogP contribution is 2.65. The third-order valence-electron chi connectivity index (χ3n) is 8.78. The summed E-state index contributed by atoms with van der Waals surface area (Å²) in [6.45, 7) is 10.3. The highest BCUT2D eigenvalue weighted by molar-refractivity contribution is 5.89. The van der Waals surface area contributed by atoms with Gasteiger partial charge in [-0.2, -0.15) is 0 Å². The van der Waals surface area contributed by atoms with Crippen molar-refractivity contribution in [3.05, 3.63) is 11.6 Å². The Hall–Kier alpha value is -2.50. The summed E-state index contributed by atoms with van der Waals surface area (Å²) in [4.78, 5) is 49.6. The van der Waals surface area contributed by atoms with E-state index in [0.29, 0.717) is 5.57 Å². The van der Waals surface area contributed by atoms with Crippen molar-refractivity contribution in [2.24, 2.45) is 17.3 Å². The summed E-state index contributed by atoms with van der Waals surface area (Å²) in [6.07, 6.45) is -4.97. The van der Waals surface area contributed by atoms with Crippen molar-refractivity contribution in [2.45, 2.75) is 109 Å². The molecule has 2 heterocycles. The minimum atomic E-state index is -1.44. The van der Waals surface area contributed by atoms with Gasteiger partial charge in [-0.3, -0.25) is 14.4 Å². The highest BCUT2D eigenvalue weighted by atomic mass is 16.7. The van der Waals surface area contributed by atoms with Crippen LogP contribution in [-0.4, -0.2) is 81.9 Å². The first-order chi connectivity index (χ1) is 17.1. The van der Waals surface area contributed by atoms with Crippen LogP contribution >= 0.6 is 0 Å². The van der Waals surface area contributed by atoms with E-state index in [0.717, 1.165) is 0 Å². The summed E-state index contributed by atoms with van der Waals surface area (Å²) in [7, 11) is 0. The number of aliphatic hydroxyl groups is 2. The fourth-order valence-electron chi connectivity index (χ4n) is 6.96. The predicted molar refractivity (Wildman–Crippen MR) is 125 cm³/mol. The highest BCUT2D eigenvalue weighted by Gasteiger charge is 2.87. The van der Waals surface area contributed by atoms with Gasteiger partial charge in [-0.25, -0.2) is 4.79 Å². The number of rotatable bonds is 3. The zero-order valence-corrected chi connectivity index (χ0v) is 22.2. The average Bonchev–Trinajstić information content (AvgIpc) is 3.36. The van der Waals surface area contributed by atoms with E-state index >= 15 is 0 Å². The lowest BCUT2D eigenvalue weighted by molar-refractivity contribution is -0.239. The summed E-state index contributed by atoms with van der Waals surface area (Å²) in [5.41, 5.74) is -3.66. The van der Waals surface area contributed by atoms with Crippen LogP contribution in [0.3, 0.4) is 0 Å². The van der Waals surface area contributed by atoms with Crippen molar-refractivity contribution in [1.82, 2.24) is 0 Å². The van der Waals surface area contributed by atoms with Crippen molar-refractivity contribution in [3.8, 4) is 0 Å². The molecule has 0 bridgehead atoms. The third-order valence-corrected chi connectivity index (χ3v) is 8.78. The van der Waals surface area contributed by atoms with Crippen LogP contribution in [0.4, 0.5) is 0 Å². The van der Waals surface area contributed by atoms with Gasteiger partial charge in [0.05, 0.1) is 6.10 Å². The van der Waals surface area contributed by atoms with Crippen LogP contribution in [0.5, 0.6) is 0 Å². The monoisotopic (exact) mass is 524 g/mol.